The van der Waals surface area contributed by atoms with Crippen LogP contribution < -0.4 is 10.1 Å². The molecule has 7 heteroatoms. The topological polar surface area (TPSA) is 71.1 Å². The first-order chi connectivity index (χ1) is 14.6. The number of nitrogens with zero attached hydrogens (tertiary/aromatic N) is 2. The van der Waals surface area contributed by atoms with Gasteiger partial charge in [0.25, 0.3) is 5.91 Å². The van der Waals surface area contributed by atoms with E-state index in [1.54, 1.807) is 31.4 Å². The van der Waals surface area contributed by atoms with Crippen LogP contribution in [-0.2, 0) is 9.53 Å². The number of hydrogen-bond acceptors (Lipinski definition) is 5. The van der Waals surface area contributed by atoms with Crippen LogP contribution in [0.4, 0.5) is 0 Å². The van der Waals surface area contributed by atoms with Crippen LogP contribution in [0.15, 0.2) is 24.3 Å². The summed E-state index contributed by atoms with van der Waals surface area (Å²) in [6.07, 6.45) is 4.96. The average Bonchev–Trinajstić information content (AvgIpc) is 3.59. The van der Waals surface area contributed by atoms with Gasteiger partial charge in [-0.15, -0.1) is 0 Å². The minimum Gasteiger partial charge on any atom is -0.497 e. The van der Waals surface area contributed by atoms with Gasteiger partial charge in [-0.25, -0.2) is 0 Å². The molecular formula is C23H33N3O4. The fourth-order valence-electron chi connectivity index (χ4n) is 4.36. The van der Waals surface area contributed by atoms with Crippen molar-refractivity contribution in [3.8, 4) is 5.75 Å². The lowest BCUT2D eigenvalue weighted by Gasteiger charge is -2.38. The molecule has 2 amide bonds. The number of likely N-dealkylation sites (tertiary alicyclic amines) is 1. The summed E-state index contributed by atoms with van der Waals surface area (Å²) in [6.45, 7) is 5.42. The van der Waals surface area contributed by atoms with Gasteiger partial charge < -0.3 is 24.6 Å². The summed E-state index contributed by atoms with van der Waals surface area (Å²) >= 11 is 0. The zero-order valence-electron chi connectivity index (χ0n) is 17.8. The maximum atomic E-state index is 12.4. The van der Waals surface area contributed by atoms with Crippen LogP contribution in [0.3, 0.4) is 0 Å². The van der Waals surface area contributed by atoms with E-state index in [0.717, 1.165) is 44.1 Å². The molecule has 1 N–H and O–H groups in total. The molecule has 7 nitrogen and oxygen atoms in total. The summed E-state index contributed by atoms with van der Waals surface area (Å²) in [7, 11) is 1.60. The summed E-state index contributed by atoms with van der Waals surface area (Å²) < 4.78 is 10.8. The fourth-order valence-corrected chi connectivity index (χ4v) is 4.36. The molecule has 2 aliphatic heterocycles. The fraction of sp³-hybridized carbons (Fsp3) is 0.652. The van der Waals surface area contributed by atoms with Crippen LogP contribution in [-0.4, -0.2) is 80.7 Å². The van der Waals surface area contributed by atoms with Crippen LogP contribution in [0.2, 0.25) is 0 Å². The number of benzene rings is 1. The normalized spacial score (nSPS) is 23.4. The molecule has 1 aromatic carbocycles. The molecule has 3 aliphatic rings. The second kappa shape index (κ2) is 9.79. The molecule has 0 unspecified atom stereocenters. The summed E-state index contributed by atoms with van der Waals surface area (Å²) in [6, 6.07) is 7.01. The van der Waals surface area contributed by atoms with Crippen molar-refractivity contribution < 1.29 is 19.1 Å². The van der Waals surface area contributed by atoms with Gasteiger partial charge in [-0.1, -0.05) is 0 Å². The number of morpholine rings is 1. The number of ether oxygens (including phenoxy) is 2. The zero-order chi connectivity index (χ0) is 20.9. The van der Waals surface area contributed by atoms with Gasteiger partial charge in [0.05, 0.1) is 13.2 Å². The third kappa shape index (κ3) is 5.73. The molecule has 0 bridgehead atoms. The lowest BCUT2D eigenvalue weighted by molar-refractivity contribution is -0.149. The minimum absolute atomic E-state index is 0.0631. The first kappa shape index (κ1) is 21.1. The van der Waals surface area contributed by atoms with Gasteiger partial charge in [0.15, 0.2) is 0 Å². The second-order valence-corrected chi connectivity index (χ2v) is 8.86. The van der Waals surface area contributed by atoms with E-state index in [1.165, 1.54) is 19.4 Å². The van der Waals surface area contributed by atoms with Gasteiger partial charge >= 0.3 is 0 Å². The number of piperidine rings is 1. The van der Waals surface area contributed by atoms with E-state index in [1.807, 2.05) is 4.90 Å². The van der Waals surface area contributed by atoms with Crippen molar-refractivity contribution in [1.29, 1.82) is 0 Å². The van der Waals surface area contributed by atoms with Crippen molar-refractivity contribution in [3.63, 3.8) is 0 Å². The molecule has 1 saturated carbocycles. The maximum Gasteiger partial charge on any atom is 0.251 e. The first-order valence-corrected chi connectivity index (χ1v) is 11.1. The van der Waals surface area contributed by atoms with Crippen LogP contribution in [0.1, 0.15) is 36.0 Å². The van der Waals surface area contributed by atoms with Crippen LogP contribution in [0, 0.1) is 11.8 Å². The average molecular weight is 416 g/mol. The Balaban J connectivity index is 1.21. The molecule has 30 heavy (non-hydrogen) atoms. The number of methoxy groups -OCH3 is 1. The Kier molecular flexibility index (Phi) is 6.89. The Bertz CT molecular complexity index is 726. The number of hydrogen-bond donors (Lipinski definition) is 1. The van der Waals surface area contributed by atoms with E-state index in [0.29, 0.717) is 24.6 Å². The largest absolute Gasteiger partial charge is 0.497 e. The van der Waals surface area contributed by atoms with Crippen molar-refractivity contribution in [2.24, 2.45) is 11.8 Å². The molecule has 2 saturated heterocycles. The van der Waals surface area contributed by atoms with Gasteiger partial charge in [-0.05, 0) is 74.9 Å². The number of carbonyl (C=O) groups excluding carboxylic acids is 2. The summed E-state index contributed by atoms with van der Waals surface area (Å²) in [4.78, 5) is 29.2. The van der Waals surface area contributed by atoms with Crippen LogP contribution in [0.25, 0.3) is 0 Å². The zero-order valence-corrected chi connectivity index (χ0v) is 17.8. The lowest BCUT2D eigenvalue weighted by Crippen LogP contribution is -2.52. The van der Waals surface area contributed by atoms with E-state index in [2.05, 4.69) is 10.2 Å². The predicted octanol–water partition coefficient (Wildman–Crippen LogP) is 1.77. The summed E-state index contributed by atoms with van der Waals surface area (Å²) in [5.41, 5.74) is 0.581. The SMILES string of the molecule is COc1ccc(C(=O)NC[C@@H]2CN(CC3CCN(CC4CC4)CC3)C(=O)CO2)cc1. The van der Waals surface area contributed by atoms with Crippen molar-refractivity contribution in [2.45, 2.75) is 31.8 Å². The third-order valence-electron chi connectivity index (χ3n) is 6.46. The van der Waals surface area contributed by atoms with Gasteiger partial charge in [-0.3, -0.25) is 9.59 Å². The van der Waals surface area contributed by atoms with E-state index in [4.69, 9.17) is 9.47 Å². The number of rotatable bonds is 8. The maximum absolute atomic E-state index is 12.4. The standard InChI is InChI=1S/C23H33N3O4/c1-29-20-6-4-19(5-7-20)23(28)24-12-21-15-26(22(27)16-30-21)14-18-8-10-25(11-9-18)13-17-2-3-17/h4-7,17-18,21H,2-3,8-16H2,1H3,(H,24,28)/t21-/m1/s1. The van der Waals surface area contributed by atoms with Gasteiger partial charge in [0, 0.05) is 31.7 Å². The highest BCUT2D eigenvalue weighted by Gasteiger charge is 2.31. The third-order valence-corrected chi connectivity index (χ3v) is 6.46. The Hall–Kier alpha value is -2.12. The molecule has 4 rings (SSSR count). The Morgan fingerprint density at radius 2 is 1.80 bits per heavy atom. The highest BCUT2D eigenvalue weighted by atomic mass is 16.5. The minimum atomic E-state index is -0.167. The number of nitrogens with one attached hydrogen (secondary N) is 1. The Labute approximate surface area is 178 Å². The highest BCUT2D eigenvalue weighted by Crippen LogP contribution is 2.31. The molecule has 0 spiro atoms. The Morgan fingerprint density at radius 1 is 1.10 bits per heavy atom. The van der Waals surface area contributed by atoms with Gasteiger partial charge in [-0.2, -0.15) is 0 Å². The molecule has 1 aliphatic carbocycles. The van der Waals surface area contributed by atoms with Crippen LogP contribution in [0.5, 0.6) is 5.75 Å². The Morgan fingerprint density at radius 3 is 2.47 bits per heavy atom. The van der Waals surface area contributed by atoms with E-state index in [9.17, 15) is 9.59 Å². The molecule has 1 atom stereocenters. The molecule has 3 fully saturated rings. The smallest absolute Gasteiger partial charge is 0.251 e. The molecule has 0 radical (unpaired) electrons. The van der Waals surface area contributed by atoms with E-state index in [-0.39, 0.29) is 24.5 Å². The number of amides is 2. The molecule has 164 valence electrons. The van der Waals surface area contributed by atoms with Crippen molar-refractivity contribution in [1.82, 2.24) is 15.1 Å². The monoisotopic (exact) mass is 415 g/mol. The van der Waals surface area contributed by atoms with Gasteiger partial charge in [0.1, 0.15) is 12.4 Å². The van der Waals surface area contributed by atoms with Gasteiger partial charge in [0.2, 0.25) is 5.91 Å². The molecule has 2 heterocycles. The van der Waals surface area contributed by atoms with Crippen molar-refractivity contribution in [2.75, 3.05) is 53.0 Å². The lowest BCUT2D eigenvalue weighted by atomic mass is 9.95. The quantitative estimate of drug-likeness (QED) is 0.701. The second-order valence-electron chi connectivity index (χ2n) is 8.86. The van der Waals surface area contributed by atoms with Crippen LogP contribution >= 0.6 is 0 Å². The van der Waals surface area contributed by atoms with Crippen molar-refractivity contribution >= 4 is 11.8 Å². The molecule has 1 aromatic rings. The van der Waals surface area contributed by atoms with E-state index >= 15 is 0 Å². The molecular weight excluding hydrogens is 382 g/mol. The predicted molar refractivity (Wildman–Crippen MR) is 114 cm³/mol. The van der Waals surface area contributed by atoms with Crippen molar-refractivity contribution in [3.05, 3.63) is 29.8 Å². The first-order valence-electron chi connectivity index (χ1n) is 11.1. The summed E-state index contributed by atoms with van der Waals surface area (Å²) in [5.74, 6) is 2.14. The van der Waals surface area contributed by atoms with E-state index < -0.39 is 0 Å². The molecule has 0 aromatic heterocycles. The summed E-state index contributed by atoms with van der Waals surface area (Å²) in [5, 5.41) is 2.93. The highest BCUT2D eigenvalue weighted by molar-refractivity contribution is 5.94. The number of carbonyl (C=O) groups is 2.